The van der Waals surface area contributed by atoms with Gasteiger partial charge in [0.15, 0.2) is 0 Å². The summed E-state index contributed by atoms with van der Waals surface area (Å²) in [6.45, 7) is 3.99. The van der Waals surface area contributed by atoms with Gasteiger partial charge < -0.3 is 5.32 Å². The highest BCUT2D eigenvalue weighted by atomic mass is 16.2. The molecular formula is C19H27N3O2. The summed E-state index contributed by atoms with van der Waals surface area (Å²) < 4.78 is 0. The Morgan fingerprint density at radius 2 is 2.00 bits per heavy atom. The fraction of sp³-hybridized carbons (Fsp3) is 0.526. The number of rotatable bonds is 9. The van der Waals surface area contributed by atoms with Gasteiger partial charge in [0.2, 0.25) is 11.8 Å². The molecule has 0 aromatic heterocycles. The Morgan fingerprint density at radius 1 is 1.21 bits per heavy atom. The van der Waals surface area contributed by atoms with Gasteiger partial charge in [0.05, 0.1) is 5.71 Å². The normalized spacial score (nSPS) is 14.3. The van der Waals surface area contributed by atoms with Gasteiger partial charge >= 0.3 is 0 Å². The van der Waals surface area contributed by atoms with Crippen LogP contribution in [-0.2, 0) is 9.59 Å². The summed E-state index contributed by atoms with van der Waals surface area (Å²) in [5, 5.41) is 7.09. The average molecular weight is 329 g/mol. The van der Waals surface area contributed by atoms with Crippen molar-refractivity contribution in [1.29, 1.82) is 0 Å². The van der Waals surface area contributed by atoms with Crippen LogP contribution in [0, 0.1) is 5.92 Å². The first kappa shape index (κ1) is 18.2. The smallest absolute Gasteiger partial charge is 0.240 e. The molecule has 2 N–H and O–H groups in total. The minimum Gasteiger partial charge on any atom is -0.326 e. The van der Waals surface area contributed by atoms with Crippen LogP contribution >= 0.6 is 0 Å². The second-order valence-corrected chi connectivity index (χ2v) is 6.39. The molecule has 5 nitrogen and oxygen atoms in total. The van der Waals surface area contributed by atoms with E-state index < -0.39 is 0 Å². The number of hydrazone groups is 1. The molecule has 1 aliphatic carbocycles. The number of unbranched alkanes of at least 4 members (excludes halogenated alkanes) is 3. The molecule has 0 heterocycles. The van der Waals surface area contributed by atoms with Gasteiger partial charge in [-0.25, -0.2) is 5.43 Å². The van der Waals surface area contributed by atoms with E-state index in [1.165, 1.54) is 0 Å². The summed E-state index contributed by atoms with van der Waals surface area (Å²) in [5.74, 6) is 0.209. The molecule has 2 rings (SSSR count). The fourth-order valence-corrected chi connectivity index (χ4v) is 2.39. The van der Waals surface area contributed by atoms with Crippen LogP contribution in [0.2, 0.25) is 0 Å². The van der Waals surface area contributed by atoms with Crippen molar-refractivity contribution in [2.24, 2.45) is 11.0 Å². The van der Waals surface area contributed by atoms with E-state index in [0.717, 1.165) is 55.5 Å². The molecule has 0 saturated heterocycles. The molecule has 0 aliphatic heterocycles. The molecule has 1 saturated carbocycles. The highest BCUT2D eigenvalue weighted by Gasteiger charge is 2.29. The third-order valence-electron chi connectivity index (χ3n) is 4.10. The van der Waals surface area contributed by atoms with Crippen molar-refractivity contribution < 1.29 is 9.59 Å². The Hall–Kier alpha value is -2.17. The van der Waals surface area contributed by atoms with Crippen molar-refractivity contribution >= 4 is 23.2 Å². The van der Waals surface area contributed by atoms with Gasteiger partial charge in [0, 0.05) is 18.0 Å². The molecular weight excluding hydrogens is 302 g/mol. The lowest BCUT2D eigenvalue weighted by atomic mass is 10.1. The first-order chi connectivity index (χ1) is 11.6. The van der Waals surface area contributed by atoms with E-state index in [-0.39, 0.29) is 17.7 Å². The average Bonchev–Trinajstić information content (AvgIpc) is 3.42. The SMILES string of the molecule is CCCCCCC(=O)N/N=C(/C)c1cccc(NC(=O)C2CC2)c1. The number of hydrogen-bond acceptors (Lipinski definition) is 3. The number of carbonyl (C=O) groups is 2. The second kappa shape index (κ2) is 9.21. The summed E-state index contributed by atoms with van der Waals surface area (Å²) in [7, 11) is 0. The third kappa shape index (κ3) is 6.14. The molecule has 1 aromatic rings. The quantitative estimate of drug-likeness (QED) is 0.410. The molecule has 0 spiro atoms. The Labute approximate surface area is 143 Å². The highest BCUT2D eigenvalue weighted by molar-refractivity contribution is 6.01. The third-order valence-corrected chi connectivity index (χ3v) is 4.10. The molecule has 5 heteroatoms. The van der Waals surface area contributed by atoms with Crippen LogP contribution in [0.4, 0.5) is 5.69 Å². The number of benzene rings is 1. The Morgan fingerprint density at radius 3 is 2.71 bits per heavy atom. The van der Waals surface area contributed by atoms with Crippen molar-refractivity contribution in [3.05, 3.63) is 29.8 Å². The lowest BCUT2D eigenvalue weighted by Crippen LogP contribution is -2.19. The van der Waals surface area contributed by atoms with E-state index in [9.17, 15) is 9.59 Å². The highest BCUT2D eigenvalue weighted by Crippen LogP contribution is 2.30. The monoisotopic (exact) mass is 329 g/mol. The van der Waals surface area contributed by atoms with E-state index in [0.29, 0.717) is 6.42 Å². The number of nitrogens with zero attached hydrogens (tertiary/aromatic N) is 1. The minimum atomic E-state index is -0.0522. The van der Waals surface area contributed by atoms with Crippen molar-refractivity contribution in [3.8, 4) is 0 Å². The van der Waals surface area contributed by atoms with Crippen LogP contribution in [0.5, 0.6) is 0 Å². The molecule has 0 unspecified atom stereocenters. The van der Waals surface area contributed by atoms with Crippen molar-refractivity contribution in [2.75, 3.05) is 5.32 Å². The predicted molar refractivity (Wildman–Crippen MR) is 96.9 cm³/mol. The summed E-state index contributed by atoms with van der Waals surface area (Å²) in [5.41, 5.74) is 4.98. The molecule has 0 bridgehead atoms. The molecule has 0 atom stereocenters. The molecule has 1 aliphatic rings. The predicted octanol–water partition coefficient (Wildman–Crippen LogP) is 3.85. The number of amides is 2. The van der Waals surface area contributed by atoms with Gasteiger partial charge in [-0.1, -0.05) is 38.3 Å². The van der Waals surface area contributed by atoms with Gasteiger partial charge in [0.1, 0.15) is 0 Å². The first-order valence-corrected chi connectivity index (χ1v) is 8.84. The van der Waals surface area contributed by atoms with E-state index in [1.807, 2.05) is 31.2 Å². The van der Waals surface area contributed by atoms with Crippen LogP contribution in [0.25, 0.3) is 0 Å². The summed E-state index contributed by atoms with van der Waals surface area (Å²) >= 11 is 0. The molecule has 1 fully saturated rings. The lowest BCUT2D eigenvalue weighted by molar-refractivity contribution is -0.121. The lowest BCUT2D eigenvalue weighted by Gasteiger charge is -2.07. The van der Waals surface area contributed by atoms with Gasteiger partial charge in [-0.2, -0.15) is 5.10 Å². The van der Waals surface area contributed by atoms with Gasteiger partial charge in [-0.05, 0) is 43.9 Å². The Kier molecular flexibility index (Phi) is 6.97. The molecule has 24 heavy (non-hydrogen) atoms. The van der Waals surface area contributed by atoms with Crippen LogP contribution in [0.3, 0.4) is 0 Å². The summed E-state index contributed by atoms with van der Waals surface area (Å²) in [6.07, 6.45) is 6.77. The number of anilines is 1. The second-order valence-electron chi connectivity index (χ2n) is 6.39. The summed E-state index contributed by atoms with van der Waals surface area (Å²) in [4.78, 5) is 23.6. The largest absolute Gasteiger partial charge is 0.326 e. The van der Waals surface area contributed by atoms with E-state index in [1.54, 1.807) is 0 Å². The maximum Gasteiger partial charge on any atom is 0.240 e. The van der Waals surface area contributed by atoms with Crippen molar-refractivity contribution in [2.45, 2.75) is 58.8 Å². The molecule has 2 amide bonds. The van der Waals surface area contributed by atoms with E-state index >= 15 is 0 Å². The van der Waals surface area contributed by atoms with Gasteiger partial charge in [-0.15, -0.1) is 0 Å². The minimum absolute atomic E-state index is 0.0522. The van der Waals surface area contributed by atoms with Gasteiger partial charge in [0.25, 0.3) is 0 Å². The first-order valence-electron chi connectivity index (χ1n) is 8.84. The van der Waals surface area contributed by atoms with Crippen LogP contribution < -0.4 is 10.7 Å². The topological polar surface area (TPSA) is 70.6 Å². The zero-order valence-electron chi connectivity index (χ0n) is 14.6. The molecule has 1 aromatic carbocycles. The molecule has 0 radical (unpaired) electrons. The Balaban J connectivity index is 1.85. The number of carbonyl (C=O) groups excluding carboxylic acids is 2. The zero-order valence-corrected chi connectivity index (χ0v) is 14.6. The molecule has 130 valence electrons. The van der Waals surface area contributed by atoms with Crippen molar-refractivity contribution in [3.63, 3.8) is 0 Å². The zero-order chi connectivity index (χ0) is 17.4. The van der Waals surface area contributed by atoms with Crippen LogP contribution in [0.1, 0.15) is 64.4 Å². The van der Waals surface area contributed by atoms with E-state index in [4.69, 9.17) is 0 Å². The van der Waals surface area contributed by atoms with Crippen molar-refractivity contribution in [1.82, 2.24) is 5.43 Å². The maximum atomic E-state index is 11.8. The van der Waals surface area contributed by atoms with Gasteiger partial charge in [-0.3, -0.25) is 9.59 Å². The van der Waals surface area contributed by atoms with E-state index in [2.05, 4.69) is 22.8 Å². The number of hydrogen-bond donors (Lipinski definition) is 2. The standard InChI is InChI=1S/C19H27N3O2/c1-3-4-5-6-10-18(23)22-21-14(2)16-8-7-9-17(13-16)20-19(24)15-11-12-15/h7-9,13,15H,3-6,10-12H2,1-2H3,(H,20,24)(H,22,23)/b21-14-. The number of nitrogens with one attached hydrogen (secondary N) is 2. The summed E-state index contributed by atoms with van der Waals surface area (Å²) in [6, 6.07) is 7.54. The van der Waals surface area contributed by atoms with Crippen LogP contribution in [0.15, 0.2) is 29.4 Å². The maximum absolute atomic E-state index is 11.8. The Bertz CT molecular complexity index is 606. The fourth-order valence-electron chi connectivity index (χ4n) is 2.39. The van der Waals surface area contributed by atoms with Crippen LogP contribution in [-0.4, -0.2) is 17.5 Å².